The lowest BCUT2D eigenvalue weighted by molar-refractivity contribution is -0.120. The van der Waals surface area contributed by atoms with Crippen molar-refractivity contribution < 1.29 is 19.5 Å². The molecule has 8 heteroatoms. The summed E-state index contributed by atoms with van der Waals surface area (Å²) < 4.78 is 1.47. The predicted octanol–water partition coefficient (Wildman–Crippen LogP) is 0.718. The summed E-state index contributed by atoms with van der Waals surface area (Å²) in [6, 6.07) is 2.55. The van der Waals surface area contributed by atoms with Crippen LogP contribution in [0.4, 0.5) is 10.5 Å². The van der Waals surface area contributed by atoms with Crippen LogP contribution in [0.3, 0.4) is 0 Å². The SMILES string of the molecule is Cn1ncc2cc(N3CCC(=O)NC3=O)cc(C(=O)O)c21. The van der Waals surface area contributed by atoms with Gasteiger partial charge in [0.2, 0.25) is 5.91 Å². The van der Waals surface area contributed by atoms with E-state index in [4.69, 9.17) is 0 Å². The van der Waals surface area contributed by atoms with Crippen LogP contribution < -0.4 is 10.2 Å². The second kappa shape index (κ2) is 4.58. The molecule has 1 aliphatic rings. The lowest BCUT2D eigenvalue weighted by atomic mass is 10.1. The van der Waals surface area contributed by atoms with Gasteiger partial charge in [0.15, 0.2) is 0 Å². The second-order valence-corrected chi connectivity index (χ2v) is 4.76. The minimum Gasteiger partial charge on any atom is -0.478 e. The Hall–Kier alpha value is -2.90. The number of fused-ring (bicyclic) bond motifs is 1. The number of carboxylic acid groups (broad SMARTS) is 1. The van der Waals surface area contributed by atoms with Gasteiger partial charge >= 0.3 is 12.0 Å². The molecule has 3 rings (SSSR count). The van der Waals surface area contributed by atoms with Crippen molar-refractivity contribution in [2.45, 2.75) is 6.42 Å². The zero-order chi connectivity index (χ0) is 15.1. The zero-order valence-electron chi connectivity index (χ0n) is 11.2. The van der Waals surface area contributed by atoms with Crippen LogP contribution in [-0.2, 0) is 11.8 Å². The maximum Gasteiger partial charge on any atom is 0.337 e. The van der Waals surface area contributed by atoms with Crippen molar-refractivity contribution in [1.29, 1.82) is 0 Å². The van der Waals surface area contributed by atoms with Crippen LogP contribution >= 0.6 is 0 Å². The van der Waals surface area contributed by atoms with Crippen LogP contribution in [-0.4, -0.2) is 39.3 Å². The Morgan fingerprint density at radius 3 is 2.81 bits per heavy atom. The minimum atomic E-state index is -1.10. The van der Waals surface area contributed by atoms with Gasteiger partial charge in [-0.25, -0.2) is 9.59 Å². The van der Waals surface area contributed by atoms with Crippen molar-refractivity contribution in [3.05, 3.63) is 23.9 Å². The molecule has 2 aromatic rings. The molecule has 0 bridgehead atoms. The van der Waals surface area contributed by atoms with E-state index in [0.717, 1.165) is 0 Å². The molecule has 0 spiro atoms. The Bertz CT molecular complexity index is 780. The molecule has 0 unspecified atom stereocenters. The minimum absolute atomic E-state index is 0.0622. The highest BCUT2D eigenvalue weighted by molar-refractivity contribution is 6.09. The molecule has 1 aromatic heterocycles. The number of nitrogens with one attached hydrogen (secondary N) is 1. The summed E-state index contributed by atoms with van der Waals surface area (Å²) >= 11 is 0. The van der Waals surface area contributed by atoms with E-state index in [1.54, 1.807) is 13.1 Å². The largest absolute Gasteiger partial charge is 0.478 e. The molecule has 108 valence electrons. The number of hydrogen-bond donors (Lipinski definition) is 2. The summed E-state index contributed by atoms with van der Waals surface area (Å²) in [7, 11) is 1.65. The summed E-state index contributed by atoms with van der Waals surface area (Å²) in [4.78, 5) is 35.8. The average molecular weight is 288 g/mol. The maximum atomic E-state index is 11.9. The first-order chi connectivity index (χ1) is 9.97. The Kier molecular flexibility index (Phi) is 2.86. The van der Waals surface area contributed by atoms with Gasteiger partial charge in [0.05, 0.1) is 17.3 Å². The molecule has 1 aromatic carbocycles. The van der Waals surface area contributed by atoms with Crippen LogP contribution in [0.25, 0.3) is 10.9 Å². The van der Waals surface area contributed by atoms with E-state index in [1.165, 1.54) is 21.8 Å². The number of rotatable bonds is 2. The first kappa shape index (κ1) is 13.1. The number of amides is 3. The average Bonchev–Trinajstić information content (AvgIpc) is 2.79. The van der Waals surface area contributed by atoms with Crippen molar-refractivity contribution >= 4 is 34.5 Å². The van der Waals surface area contributed by atoms with E-state index in [0.29, 0.717) is 16.6 Å². The zero-order valence-corrected chi connectivity index (χ0v) is 11.2. The molecule has 2 heterocycles. The quantitative estimate of drug-likeness (QED) is 0.847. The van der Waals surface area contributed by atoms with E-state index in [1.807, 2.05) is 0 Å². The molecule has 0 atom stereocenters. The Balaban J connectivity index is 2.14. The van der Waals surface area contributed by atoms with Crippen LogP contribution in [0.2, 0.25) is 0 Å². The number of aromatic carboxylic acids is 1. The summed E-state index contributed by atoms with van der Waals surface area (Å²) in [6.07, 6.45) is 1.72. The normalized spacial score (nSPS) is 15.4. The molecule has 2 N–H and O–H groups in total. The Morgan fingerprint density at radius 1 is 1.38 bits per heavy atom. The number of urea groups is 1. The number of aryl methyl sites for hydroxylation is 1. The van der Waals surface area contributed by atoms with Crippen molar-refractivity contribution in [3.63, 3.8) is 0 Å². The van der Waals surface area contributed by atoms with E-state index in [2.05, 4.69) is 10.4 Å². The third kappa shape index (κ3) is 2.10. The van der Waals surface area contributed by atoms with Crippen LogP contribution in [0.15, 0.2) is 18.3 Å². The van der Waals surface area contributed by atoms with E-state index in [-0.39, 0.29) is 24.4 Å². The van der Waals surface area contributed by atoms with Crippen molar-refractivity contribution in [1.82, 2.24) is 15.1 Å². The highest BCUT2D eigenvalue weighted by Gasteiger charge is 2.26. The van der Waals surface area contributed by atoms with Gasteiger partial charge in [0.1, 0.15) is 0 Å². The lowest BCUT2D eigenvalue weighted by Crippen LogP contribution is -2.49. The topological polar surface area (TPSA) is 105 Å². The van der Waals surface area contributed by atoms with Crippen molar-refractivity contribution in [2.24, 2.45) is 7.05 Å². The molecule has 21 heavy (non-hydrogen) atoms. The van der Waals surface area contributed by atoms with Gasteiger partial charge in [0, 0.05) is 31.1 Å². The standard InChI is InChI=1S/C13H12N4O4/c1-16-11-7(6-14-16)4-8(5-9(11)12(19)20)17-3-2-10(18)15-13(17)21/h4-6H,2-3H2,1H3,(H,19,20)(H,15,18,21). The molecule has 0 saturated carbocycles. The summed E-state index contributed by atoms with van der Waals surface area (Å²) in [5, 5.41) is 16.2. The Morgan fingerprint density at radius 2 is 2.14 bits per heavy atom. The van der Waals surface area contributed by atoms with E-state index < -0.39 is 12.0 Å². The lowest BCUT2D eigenvalue weighted by Gasteiger charge is -2.26. The smallest absolute Gasteiger partial charge is 0.337 e. The first-order valence-corrected chi connectivity index (χ1v) is 6.28. The van der Waals surface area contributed by atoms with Crippen molar-refractivity contribution in [3.8, 4) is 0 Å². The molecule has 8 nitrogen and oxygen atoms in total. The first-order valence-electron chi connectivity index (χ1n) is 6.28. The highest BCUT2D eigenvalue weighted by Crippen LogP contribution is 2.27. The maximum absolute atomic E-state index is 11.9. The molecule has 0 radical (unpaired) electrons. The third-order valence-electron chi connectivity index (χ3n) is 3.41. The summed E-state index contributed by atoms with van der Waals surface area (Å²) in [6.45, 7) is 0.218. The molecule has 1 aliphatic heterocycles. The van der Waals surface area contributed by atoms with E-state index >= 15 is 0 Å². The van der Waals surface area contributed by atoms with Gasteiger partial charge in [-0.2, -0.15) is 5.10 Å². The number of nitrogens with zero attached hydrogens (tertiary/aromatic N) is 3. The predicted molar refractivity (Wildman–Crippen MR) is 73.2 cm³/mol. The Labute approximate surface area is 118 Å². The van der Waals surface area contributed by atoms with Crippen LogP contribution in [0.1, 0.15) is 16.8 Å². The van der Waals surface area contributed by atoms with Gasteiger partial charge in [-0.3, -0.25) is 19.7 Å². The van der Waals surface area contributed by atoms with Crippen LogP contribution in [0, 0.1) is 0 Å². The number of carbonyl (C=O) groups is 3. The number of carbonyl (C=O) groups excluding carboxylic acids is 2. The molecule has 3 amide bonds. The molecule has 0 aliphatic carbocycles. The molecule has 1 fully saturated rings. The summed E-state index contributed by atoms with van der Waals surface area (Å²) in [5.41, 5.74) is 0.977. The number of anilines is 1. The van der Waals surface area contributed by atoms with E-state index in [9.17, 15) is 19.5 Å². The fraction of sp³-hybridized carbons (Fsp3) is 0.231. The molecular weight excluding hydrogens is 276 g/mol. The number of imide groups is 1. The van der Waals surface area contributed by atoms with Crippen LogP contribution in [0.5, 0.6) is 0 Å². The second-order valence-electron chi connectivity index (χ2n) is 4.76. The van der Waals surface area contributed by atoms with Crippen molar-refractivity contribution in [2.75, 3.05) is 11.4 Å². The van der Waals surface area contributed by atoms with Gasteiger partial charge in [-0.05, 0) is 12.1 Å². The van der Waals surface area contributed by atoms with Gasteiger partial charge in [0.25, 0.3) is 0 Å². The molecular formula is C13H12N4O4. The van der Waals surface area contributed by atoms with Gasteiger partial charge in [-0.15, -0.1) is 0 Å². The summed E-state index contributed by atoms with van der Waals surface area (Å²) in [5.74, 6) is -1.43. The van der Waals surface area contributed by atoms with Gasteiger partial charge < -0.3 is 5.11 Å². The number of aromatic nitrogens is 2. The fourth-order valence-electron chi connectivity index (χ4n) is 2.44. The number of benzene rings is 1. The third-order valence-corrected chi connectivity index (χ3v) is 3.41. The fourth-order valence-corrected chi connectivity index (χ4v) is 2.44. The monoisotopic (exact) mass is 288 g/mol. The highest BCUT2D eigenvalue weighted by atomic mass is 16.4. The van der Waals surface area contributed by atoms with Gasteiger partial charge in [-0.1, -0.05) is 0 Å². The number of carboxylic acids is 1. The number of hydrogen-bond acceptors (Lipinski definition) is 4. The molecule has 1 saturated heterocycles.